The third-order valence-electron chi connectivity index (χ3n) is 11.1. The Kier molecular flexibility index (Phi) is 6.56. The Bertz CT molecular complexity index is 1570. The van der Waals surface area contributed by atoms with E-state index < -0.39 is 12.0 Å². The summed E-state index contributed by atoms with van der Waals surface area (Å²) < 4.78 is 37.6. The van der Waals surface area contributed by atoms with E-state index >= 15 is 4.39 Å². The van der Waals surface area contributed by atoms with Crippen molar-refractivity contribution in [1.29, 1.82) is 0 Å². The van der Waals surface area contributed by atoms with Gasteiger partial charge in [-0.2, -0.15) is 9.97 Å². The maximum absolute atomic E-state index is 16.9. The highest BCUT2D eigenvalue weighted by atomic mass is 19.1. The Hall–Kier alpha value is -3.04. The van der Waals surface area contributed by atoms with Crippen molar-refractivity contribution in [3.8, 4) is 22.9 Å². The van der Waals surface area contributed by atoms with E-state index in [0.29, 0.717) is 54.3 Å². The molecule has 0 spiro atoms. The fraction of sp³-hybridized carbons (Fsp3) is 0.588. The van der Waals surface area contributed by atoms with E-state index in [0.717, 1.165) is 74.8 Å². The van der Waals surface area contributed by atoms with Crippen molar-refractivity contribution in [3.05, 3.63) is 41.2 Å². The highest BCUT2D eigenvalue weighted by Crippen LogP contribution is 2.47. The highest BCUT2D eigenvalue weighted by molar-refractivity contribution is 5.94. The number of nitrogens with zero attached hydrogens (tertiary/aromatic N) is 4. The van der Waals surface area contributed by atoms with Gasteiger partial charge in [0.1, 0.15) is 29.9 Å². The van der Waals surface area contributed by atoms with Gasteiger partial charge in [-0.25, -0.2) is 8.78 Å². The van der Waals surface area contributed by atoms with Gasteiger partial charge < -0.3 is 20.1 Å². The first kappa shape index (κ1) is 27.5. The number of aromatic hydroxyl groups is 1. The number of benzene rings is 2. The molecule has 228 valence electrons. The van der Waals surface area contributed by atoms with Crippen LogP contribution in [0.2, 0.25) is 0 Å². The van der Waals surface area contributed by atoms with E-state index in [2.05, 4.69) is 29.0 Å². The van der Waals surface area contributed by atoms with E-state index in [1.807, 2.05) is 18.2 Å². The van der Waals surface area contributed by atoms with E-state index in [1.165, 1.54) is 0 Å². The van der Waals surface area contributed by atoms with E-state index in [9.17, 15) is 9.50 Å². The molecule has 2 N–H and O–H groups in total. The normalized spacial score (nSPS) is 31.9. The molecule has 43 heavy (non-hydrogen) atoms. The molecule has 5 heterocycles. The van der Waals surface area contributed by atoms with Gasteiger partial charge in [0.25, 0.3) is 0 Å². The second kappa shape index (κ2) is 10.3. The van der Waals surface area contributed by atoms with E-state index in [1.54, 1.807) is 6.07 Å². The van der Waals surface area contributed by atoms with Crippen molar-refractivity contribution in [1.82, 2.24) is 20.2 Å². The molecule has 2 bridgehead atoms. The zero-order valence-corrected chi connectivity index (χ0v) is 25.1. The molecule has 3 aromatic rings. The molecule has 4 aliphatic heterocycles. The first-order chi connectivity index (χ1) is 20.8. The number of halogens is 2. The number of fused-ring (bicyclic) bond motifs is 5. The van der Waals surface area contributed by atoms with Crippen LogP contribution in [-0.4, -0.2) is 76.6 Å². The summed E-state index contributed by atoms with van der Waals surface area (Å²) in [7, 11) is 0. The summed E-state index contributed by atoms with van der Waals surface area (Å²) in [6.45, 7) is 7.56. The number of aromatic nitrogens is 2. The summed E-state index contributed by atoms with van der Waals surface area (Å²) in [6.07, 6.45) is 5.80. The monoisotopic (exact) mass is 589 g/mol. The van der Waals surface area contributed by atoms with Crippen LogP contribution in [0.25, 0.3) is 22.0 Å². The van der Waals surface area contributed by atoms with Crippen LogP contribution in [0.3, 0.4) is 0 Å². The molecule has 8 rings (SSSR count). The minimum absolute atomic E-state index is 0.146. The number of piperazine rings is 1. The Labute approximate surface area is 251 Å². The number of hydrogen-bond donors (Lipinski definition) is 2. The molecular weight excluding hydrogens is 548 g/mol. The van der Waals surface area contributed by atoms with Crippen LogP contribution in [-0.2, 0) is 0 Å². The maximum atomic E-state index is 16.9. The first-order valence-corrected chi connectivity index (χ1v) is 16.2. The largest absolute Gasteiger partial charge is 0.508 e. The molecule has 2 aromatic carbocycles. The van der Waals surface area contributed by atoms with Crippen molar-refractivity contribution in [3.63, 3.8) is 0 Å². The average Bonchev–Trinajstić information content (AvgIpc) is 3.63. The van der Waals surface area contributed by atoms with Crippen molar-refractivity contribution >= 4 is 16.7 Å². The fourth-order valence-corrected chi connectivity index (χ4v) is 8.90. The molecule has 0 amide bonds. The van der Waals surface area contributed by atoms with Crippen LogP contribution in [0.5, 0.6) is 11.8 Å². The van der Waals surface area contributed by atoms with Crippen LogP contribution in [0.4, 0.5) is 14.6 Å². The van der Waals surface area contributed by atoms with Crippen LogP contribution >= 0.6 is 0 Å². The maximum Gasteiger partial charge on any atom is 0.319 e. The van der Waals surface area contributed by atoms with Crippen LogP contribution < -0.4 is 15.0 Å². The molecule has 5 aliphatic rings. The summed E-state index contributed by atoms with van der Waals surface area (Å²) in [5, 5.41) is 15.0. The average molecular weight is 590 g/mol. The van der Waals surface area contributed by atoms with Crippen LogP contribution in [0, 0.1) is 5.82 Å². The molecule has 2 unspecified atom stereocenters. The first-order valence-electron chi connectivity index (χ1n) is 16.2. The molecule has 1 aliphatic carbocycles. The zero-order valence-electron chi connectivity index (χ0n) is 25.1. The molecule has 7 nitrogen and oxygen atoms in total. The summed E-state index contributed by atoms with van der Waals surface area (Å²) in [5.74, 6) is 0.979. The predicted octanol–water partition coefficient (Wildman–Crippen LogP) is 6.04. The number of hydrogen-bond acceptors (Lipinski definition) is 7. The molecule has 4 saturated heterocycles. The molecule has 6 atom stereocenters. The summed E-state index contributed by atoms with van der Waals surface area (Å²) in [6, 6.07) is 8.22. The van der Waals surface area contributed by atoms with Gasteiger partial charge in [0.2, 0.25) is 0 Å². The van der Waals surface area contributed by atoms with Crippen LogP contribution in [0.15, 0.2) is 24.3 Å². The number of anilines is 1. The second-order valence-electron chi connectivity index (χ2n) is 13.9. The Morgan fingerprint density at radius 3 is 2.63 bits per heavy atom. The molecule has 1 aromatic heterocycles. The van der Waals surface area contributed by atoms with E-state index in [-0.39, 0.29) is 28.7 Å². The summed E-state index contributed by atoms with van der Waals surface area (Å²) in [4.78, 5) is 14.1. The molecule has 0 radical (unpaired) electrons. The third kappa shape index (κ3) is 4.57. The number of rotatable bonds is 5. The number of phenolic OH excluding ortho intramolecular Hbond substituents is 1. The number of nitrogens with one attached hydrogen (secondary N) is 1. The minimum atomic E-state index is -0.855. The topological polar surface area (TPSA) is 73.8 Å². The van der Waals surface area contributed by atoms with Crippen LogP contribution in [0.1, 0.15) is 81.8 Å². The van der Waals surface area contributed by atoms with Gasteiger partial charge in [0.05, 0.1) is 5.54 Å². The van der Waals surface area contributed by atoms with Gasteiger partial charge in [0, 0.05) is 49.1 Å². The molecular formula is C34H41F2N5O2. The lowest BCUT2D eigenvalue weighted by molar-refractivity contribution is 0.107. The quantitative estimate of drug-likeness (QED) is 0.376. The van der Waals surface area contributed by atoms with Crippen molar-refractivity contribution in [2.24, 2.45) is 0 Å². The number of ether oxygens (including phenoxy) is 1. The third-order valence-corrected chi connectivity index (χ3v) is 11.1. The standard InChI is InChI=1S/C34H41F2N5O2/c1-19-4-5-20(2)29-27(19)12-24(42)13-28(29)25-8-9-26-31(30(25)36)38-33(39-32(26)40-16-22-6-7-23(17-40)37-22)43-18-34-10-3-11-41(34)15-21(35)14-34/h8-9,12-13,19-23,37,42H,3-7,10-11,14-18H2,1-2H3/t19?,20?,21-,22-,23+,34+/m1/s1. The Morgan fingerprint density at radius 1 is 1.02 bits per heavy atom. The fourth-order valence-electron chi connectivity index (χ4n) is 8.90. The molecule has 4 fully saturated rings. The van der Waals surface area contributed by atoms with Crippen molar-refractivity contribution in [2.45, 2.75) is 94.4 Å². The van der Waals surface area contributed by atoms with Crippen molar-refractivity contribution in [2.75, 3.05) is 37.7 Å². The lowest BCUT2D eigenvalue weighted by atomic mass is 9.75. The lowest BCUT2D eigenvalue weighted by Gasteiger charge is -2.35. The second-order valence-corrected chi connectivity index (χ2v) is 13.9. The highest BCUT2D eigenvalue weighted by Gasteiger charge is 2.49. The summed E-state index contributed by atoms with van der Waals surface area (Å²) >= 11 is 0. The zero-order chi connectivity index (χ0) is 29.5. The molecule has 9 heteroatoms. The number of alkyl halides is 1. The molecule has 0 saturated carbocycles. The van der Waals surface area contributed by atoms with E-state index in [4.69, 9.17) is 14.7 Å². The van der Waals surface area contributed by atoms with Crippen molar-refractivity contribution < 1.29 is 18.6 Å². The van der Waals surface area contributed by atoms with Gasteiger partial charge in [0.15, 0.2) is 5.82 Å². The lowest BCUT2D eigenvalue weighted by Crippen LogP contribution is -2.51. The smallest absolute Gasteiger partial charge is 0.319 e. The van der Waals surface area contributed by atoms with Gasteiger partial charge in [-0.15, -0.1) is 0 Å². The minimum Gasteiger partial charge on any atom is -0.508 e. The van der Waals surface area contributed by atoms with Gasteiger partial charge >= 0.3 is 6.01 Å². The van der Waals surface area contributed by atoms with Gasteiger partial charge in [-0.05, 0) is 91.8 Å². The predicted molar refractivity (Wildman–Crippen MR) is 163 cm³/mol. The van der Waals surface area contributed by atoms with Gasteiger partial charge in [-0.1, -0.05) is 19.9 Å². The Balaban J connectivity index is 1.24. The summed E-state index contributed by atoms with van der Waals surface area (Å²) in [5.41, 5.74) is 3.26. The Morgan fingerprint density at radius 2 is 1.81 bits per heavy atom. The van der Waals surface area contributed by atoms with Gasteiger partial charge in [-0.3, -0.25) is 4.90 Å². The number of phenols is 1. The SMILES string of the molecule is CC1CCC(C)c2c(-c3ccc4c(N5C[C@H]6CC[C@@H](C5)N6)nc(OC[C@@]56CCCN5C[C@H](F)C6)nc4c3F)cc(O)cc21.